The highest BCUT2D eigenvalue weighted by atomic mass is 32.1. The van der Waals surface area contributed by atoms with E-state index in [1.165, 1.54) is 11.3 Å². The number of benzene rings is 1. The lowest BCUT2D eigenvalue weighted by molar-refractivity contribution is 0.962. The van der Waals surface area contributed by atoms with Gasteiger partial charge in [-0.1, -0.05) is 17.4 Å². The molecule has 0 amide bonds. The van der Waals surface area contributed by atoms with Crippen LogP contribution in [0.5, 0.6) is 0 Å². The van der Waals surface area contributed by atoms with Crippen LogP contribution in [0.2, 0.25) is 0 Å². The standard InChI is InChI=1S/C17H13N7OS/c25-15-20-12-4-3-10(6-13(12)21-15)7-19-16-23-24-9-14(22-17(24)26-16)11-2-1-5-18-8-11/h1-6,8-9H,7H2,(H,19,23)(H2,20,21,25). The second-order valence-corrected chi connectivity index (χ2v) is 6.77. The Morgan fingerprint density at radius 1 is 1.19 bits per heavy atom. The van der Waals surface area contributed by atoms with Crippen LogP contribution < -0.4 is 11.0 Å². The Bertz CT molecular complexity index is 1230. The van der Waals surface area contributed by atoms with Gasteiger partial charge in [-0.3, -0.25) is 4.98 Å². The topological polar surface area (TPSA) is 104 Å². The lowest BCUT2D eigenvalue weighted by Gasteiger charge is -2.02. The average molecular weight is 363 g/mol. The molecule has 4 heterocycles. The van der Waals surface area contributed by atoms with Crippen molar-refractivity contribution in [1.82, 2.24) is 29.5 Å². The predicted molar refractivity (Wildman–Crippen MR) is 100 cm³/mol. The van der Waals surface area contributed by atoms with Crippen molar-refractivity contribution >= 4 is 32.5 Å². The van der Waals surface area contributed by atoms with Crippen molar-refractivity contribution in [2.24, 2.45) is 0 Å². The van der Waals surface area contributed by atoms with E-state index in [1.807, 2.05) is 36.5 Å². The number of hydrogen-bond acceptors (Lipinski definition) is 6. The van der Waals surface area contributed by atoms with Gasteiger partial charge in [0.1, 0.15) is 0 Å². The number of nitrogens with one attached hydrogen (secondary N) is 3. The first-order valence-corrected chi connectivity index (χ1v) is 8.78. The van der Waals surface area contributed by atoms with Crippen LogP contribution in [0.15, 0.2) is 53.7 Å². The third-order valence-corrected chi connectivity index (χ3v) is 4.90. The van der Waals surface area contributed by atoms with Gasteiger partial charge in [-0.2, -0.15) is 0 Å². The van der Waals surface area contributed by atoms with Crippen LogP contribution in [-0.4, -0.2) is 29.5 Å². The summed E-state index contributed by atoms with van der Waals surface area (Å²) < 4.78 is 1.77. The Hall–Kier alpha value is -3.46. The Labute approximate surface area is 150 Å². The smallest absolute Gasteiger partial charge is 0.323 e. The maximum atomic E-state index is 11.3. The zero-order valence-electron chi connectivity index (χ0n) is 13.4. The van der Waals surface area contributed by atoms with Gasteiger partial charge in [0.2, 0.25) is 10.1 Å². The minimum Gasteiger partial charge on any atom is -0.356 e. The van der Waals surface area contributed by atoms with Crippen LogP contribution >= 0.6 is 11.3 Å². The number of aromatic amines is 2. The van der Waals surface area contributed by atoms with Crippen molar-refractivity contribution in [3.8, 4) is 11.3 Å². The van der Waals surface area contributed by atoms with Crippen LogP contribution in [0.1, 0.15) is 5.56 Å². The molecule has 0 unspecified atom stereocenters. The van der Waals surface area contributed by atoms with Gasteiger partial charge in [-0.05, 0) is 29.8 Å². The summed E-state index contributed by atoms with van der Waals surface area (Å²) in [7, 11) is 0. The molecule has 0 bridgehead atoms. The normalized spacial score (nSPS) is 11.4. The van der Waals surface area contributed by atoms with Crippen molar-refractivity contribution in [2.45, 2.75) is 6.54 Å². The first-order chi connectivity index (χ1) is 12.7. The fourth-order valence-corrected chi connectivity index (χ4v) is 3.57. The largest absolute Gasteiger partial charge is 0.356 e. The minimum atomic E-state index is -0.198. The van der Waals surface area contributed by atoms with Crippen molar-refractivity contribution < 1.29 is 0 Å². The Balaban J connectivity index is 1.35. The summed E-state index contributed by atoms with van der Waals surface area (Å²) in [5.41, 5.74) is 4.27. The van der Waals surface area contributed by atoms with E-state index in [-0.39, 0.29) is 5.69 Å². The van der Waals surface area contributed by atoms with Crippen LogP contribution in [0.3, 0.4) is 0 Å². The number of fused-ring (bicyclic) bond motifs is 2. The molecular weight excluding hydrogens is 350 g/mol. The van der Waals surface area contributed by atoms with Crippen molar-refractivity contribution in [1.29, 1.82) is 0 Å². The first-order valence-electron chi connectivity index (χ1n) is 7.96. The molecule has 4 aromatic heterocycles. The maximum absolute atomic E-state index is 11.3. The summed E-state index contributed by atoms with van der Waals surface area (Å²) >= 11 is 1.48. The molecule has 3 N–H and O–H groups in total. The molecule has 5 aromatic rings. The Kier molecular flexibility index (Phi) is 3.32. The van der Waals surface area contributed by atoms with Gasteiger partial charge < -0.3 is 15.3 Å². The lowest BCUT2D eigenvalue weighted by atomic mass is 10.2. The molecule has 0 fully saturated rings. The fourth-order valence-electron chi connectivity index (χ4n) is 2.79. The summed E-state index contributed by atoms with van der Waals surface area (Å²) in [5.74, 6) is 0. The summed E-state index contributed by atoms with van der Waals surface area (Å²) in [6.45, 7) is 0.606. The predicted octanol–water partition coefficient (Wildman–Crippen LogP) is 2.63. The molecule has 0 saturated carbocycles. The molecule has 26 heavy (non-hydrogen) atoms. The van der Waals surface area contributed by atoms with Gasteiger partial charge in [-0.25, -0.2) is 14.3 Å². The second kappa shape index (κ2) is 5.81. The molecule has 128 valence electrons. The maximum Gasteiger partial charge on any atom is 0.323 e. The zero-order valence-corrected chi connectivity index (χ0v) is 14.2. The van der Waals surface area contributed by atoms with Crippen molar-refractivity contribution in [3.63, 3.8) is 0 Å². The zero-order chi connectivity index (χ0) is 17.5. The molecule has 9 heteroatoms. The highest BCUT2D eigenvalue weighted by Crippen LogP contribution is 2.24. The minimum absolute atomic E-state index is 0.198. The number of anilines is 1. The fraction of sp³-hybridized carbons (Fsp3) is 0.0588. The molecule has 8 nitrogen and oxygen atoms in total. The van der Waals surface area contributed by atoms with E-state index < -0.39 is 0 Å². The average Bonchev–Trinajstić information content (AvgIpc) is 3.31. The van der Waals surface area contributed by atoms with Crippen LogP contribution in [-0.2, 0) is 6.54 Å². The van der Waals surface area contributed by atoms with Gasteiger partial charge in [0, 0.05) is 24.5 Å². The molecule has 0 aliphatic rings. The third-order valence-electron chi connectivity index (χ3n) is 4.02. The van der Waals surface area contributed by atoms with Crippen LogP contribution in [0, 0.1) is 0 Å². The molecule has 0 aliphatic carbocycles. The molecule has 0 aliphatic heterocycles. The molecule has 0 spiro atoms. The highest BCUT2D eigenvalue weighted by molar-refractivity contribution is 7.20. The summed E-state index contributed by atoms with van der Waals surface area (Å²) in [4.78, 5) is 26.4. The summed E-state index contributed by atoms with van der Waals surface area (Å²) in [6, 6.07) is 9.66. The number of pyridine rings is 1. The summed E-state index contributed by atoms with van der Waals surface area (Å²) in [6.07, 6.45) is 5.42. The molecule has 0 radical (unpaired) electrons. The van der Waals surface area contributed by atoms with E-state index in [9.17, 15) is 4.79 Å². The second-order valence-electron chi connectivity index (χ2n) is 5.81. The van der Waals surface area contributed by atoms with E-state index in [0.717, 1.165) is 37.9 Å². The molecule has 5 rings (SSSR count). The number of nitrogens with zero attached hydrogens (tertiary/aromatic N) is 4. The first kappa shape index (κ1) is 14.8. The van der Waals surface area contributed by atoms with Crippen molar-refractivity contribution in [3.05, 3.63) is 65.0 Å². The van der Waals surface area contributed by atoms with E-state index in [4.69, 9.17) is 0 Å². The van der Waals surface area contributed by atoms with E-state index in [1.54, 1.807) is 16.9 Å². The van der Waals surface area contributed by atoms with Gasteiger partial charge in [0.15, 0.2) is 0 Å². The number of imidazole rings is 2. The number of hydrogen-bond donors (Lipinski definition) is 3. The number of H-pyrrole nitrogens is 2. The van der Waals surface area contributed by atoms with Gasteiger partial charge in [0.05, 0.1) is 22.9 Å². The monoisotopic (exact) mass is 363 g/mol. The quantitative estimate of drug-likeness (QED) is 0.455. The van der Waals surface area contributed by atoms with Crippen molar-refractivity contribution in [2.75, 3.05) is 5.32 Å². The third kappa shape index (κ3) is 2.64. The highest BCUT2D eigenvalue weighted by Gasteiger charge is 2.10. The SMILES string of the molecule is O=c1[nH]c2ccc(CNc3nn4cc(-c5cccnc5)nc4s3)cc2[nH]1. The van der Waals surface area contributed by atoms with E-state index in [0.29, 0.717) is 6.54 Å². The van der Waals surface area contributed by atoms with Gasteiger partial charge in [-0.15, -0.1) is 5.10 Å². The lowest BCUT2D eigenvalue weighted by Crippen LogP contribution is -2.00. The van der Waals surface area contributed by atoms with Crippen LogP contribution in [0.4, 0.5) is 5.13 Å². The molecule has 0 saturated heterocycles. The molecule has 0 atom stereocenters. The van der Waals surface area contributed by atoms with E-state index >= 15 is 0 Å². The molecular formula is C17H13N7OS. The molecule has 1 aromatic carbocycles. The van der Waals surface area contributed by atoms with Crippen LogP contribution in [0.25, 0.3) is 27.3 Å². The Morgan fingerprint density at radius 3 is 2.96 bits per heavy atom. The number of rotatable bonds is 4. The van der Waals surface area contributed by atoms with E-state index in [2.05, 4.69) is 30.4 Å². The van der Waals surface area contributed by atoms with Gasteiger partial charge in [0.25, 0.3) is 0 Å². The number of aromatic nitrogens is 6. The summed E-state index contributed by atoms with van der Waals surface area (Å²) in [5, 5.41) is 8.60. The van der Waals surface area contributed by atoms with Gasteiger partial charge >= 0.3 is 5.69 Å². The Morgan fingerprint density at radius 2 is 2.12 bits per heavy atom.